The van der Waals surface area contributed by atoms with Crippen LogP contribution in [0.4, 0.5) is 10.2 Å². The second-order valence-corrected chi connectivity index (χ2v) is 8.37. The molecule has 2 aromatic heterocycles. The first kappa shape index (κ1) is 17.1. The van der Waals surface area contributed by atoms with E-state index in [-0.39, 0.29) is 5.82 Å². The Bertz CT molecular complexity index is 1060. The number of aromatic nitrogens is 4. The maximum Gasteiger partial charge on any atom is 0.259 e. The van der Waals surface area contributed by atoms with E-state index in [0.717, 1.165) is 33.1 Å². The summed E-state index contributed by atoms with van der Waals surface area (Å²) in [5, 5.41) is 0.344. The van der Waals surface area contributed by atoms with Gasteiger partial charge in [0.15, 0.2) is 11.2 Å². The second-order valence-electron chi connectivity index (χ2n) is 7.97. The van der Waals surface area contributed by atoms with Crippen molar-refractivity contribution in [1.29, 1.82) is 0 Å². The van der Waals surface area contributed by atoms with Gasteiger partial charge in [-0.15, -0.1) is 0 Å². The predicted molar refractivity (Wildman–Crippen MR) is 105 cm³/mol. The van der Waals surface area contributed by atoms with Crippen molar-refractivity contribution in [3.8, 4) is 5.69 Å². The molecule has 2 saturated carbocycles. The molecule has 27 heavy (non-hydrogen) atoms. The van der Waals surface area contributed by atoms with Crippen molar-refractivity contribution in [2.24, 2.45) is 0 Å². The molecule has 0 aliphatic heterocycles. The number of hydrogen-bond donors (Lipinski definition) is 0. The average Bonchev–Trinajstić information content (AvgIpc) is 3.51. The summed E-state index contributed by atoms with van der Waals surface area (Å²) in [4.78, 5) is 14.4. The Hall–Kier alpha value is -2.05. The molecule has 0 N–H and O–H groups in total. The Morgan fingerprint density at radius 3 is 2.33 bits per heavy atom. The molecule has 2 heterocycles. The minimum atomic E-state index is -0.357. The monoisotopic (exact) mass is 386 g/mol. The molecule has 0 saturated heterocycles. The number of quaternary nitrogens is 1. The normalized spacial score (nSPS) is 17.7. The quantitative estimate of drug-likeness (QED) is 0.620. The van der Waals surface area contributed by atoms with Crippen LogP contribution in [0.1, 0.15) is 37.3 Å². The molecule has 140 valence electrons. The summed E-state index contributed by atoms with van der Waals surface area (Å²) in [6.45, 7) is 3.85. The lowest BCUT2D eigenvalue weighted by atomic mass is 10.3. The summed E-state index contributed by atoms with van der Waals surface area (Å²) >= 11 is 6.35. The van der Waals surface area contributed by atoms with Crippen LogP contribution in [0, 0.1) is 19.7 Å². The molecule has 2 fully saturated rings. The number of fused-ring (bicyclic) bond motifs is 1. The van der Waals surface area contributed by atoms with Crippen LogP contribution in [0.3, 0.4) is 0 Å². The van der Waals surface area contributed by atoms with Crippen LogP contribution in [-0.4, -0.2) is 38.7 Å². The SMILES string of the molecule is Cc1nc([N+](C)(C2CC2)C2CC2)c2nc(C)n(-c3ccc(F)cc3Cl)c2n1. The molecule has 2 aliphatic rings. The highest BCUT2D eigenvalue weighted by molar-refractivity contribution is 6.32. The van der Waals surface area contributed by atoms with Gasteiger partial charge in [-0.25, -0.2) is 14.4 Å². The molecule has 0 bridgehead atoms. The number of aryl methyl sites for hydroxylation is 2. The van der Waals surface area contributed by atoms with E-state index < -0.39 is 0 Å². The Balaban J connectivity index is 1.78. The van der Waals surface area contributed by atoms with Crippen molar-refractivity contribution < 1.29 is 4.39 Å². The topological polar surface area (TPSA) is 43.6 Å². The van der Waals surface area contributed by atoms with Gasteiger partial charge in [-0.2, -0.15) is 4.98 Å². The van der Waals surface area contributed by atoms with Crippen molar-refractivity contribution >= 4 is 28.6 Å². The van der Waals surface area contributed by atoms with E-state index >= 15 is 0 Å². The highest BCUT2D eigenvalue weighted by Gasteiger charge is 2.55. The van der Waals surface area contributed by atoms with Gasteiger partial charge < -0.3 is 0 Å². The lowest BCUT2D eigenvalue weighted by Crippen LogP contribution is -2.50. The molecule has 1 aromatic carbocycles. The summed E-state index contributed by atoms with van der Waals surface area (Å²) in [5.41, 5.74) is 2.27. The zero-order valence-corrected chi connectivity index (χ0v) is 16.5. The molecule has 5 nitrogen and oxygen atoms in total. The molecule has 0 atom stereocenters. The minimum Gasteiger partial charge on any atom is -0.279 e. The third kappa shape index (κ3) is 2.57. The van der Waals surface area contributed by atoms with Crippen LogP contribution in [0.2, 0.25) is 5.02 Å². The smallest absolute Gasteiger partial charge is 0.259 e. The highest BCUT2D eigenvalue weighted by atomic mass is 35.5. The van der Waals surface area contributed by atoms with Gasteiger partial charge in [0.2, 0.25) is 0 Å². The fourth-order valence-corrected chi connectivity index (χ4v) is 4.56. The van der Waals surface area contributed by atoms with Gasteiger partial charge in [-0.3, -0.25) is 9.05 Å². The first-order valence-electron chi connectivity index (χ1n) is 9.45. The molecular formula is C20H22ClFN5+. The average molecular weight is 387 g/mol. The standard InChI is InChI=1S/C20H22ClFN5/c1-11-23-19-18(20(24-11)27(3,14-5-6-14)15-7-8-15)25-12(2)26(19)17-9-4-13(22)10-16(17)21/h4,9-10,14-15H,5-8H2,1-3H3/q+1. The third-order valence-electron chi connectivity index (χ3n) is 5.99. The van der Waals surface area contributed by atoms with Gasteiger partial charge in [-0.1, -0.05) is 11.6 Å². The molecule has 2 aliphatic carbocycles. The van der Waals surface area contributed by atoms with Crippen LogP contribution in [0.5, 0.6) is 0 Å². The van der Waals surface area contributed by atoms with Crippen LogP contribution in [0.15, 0.2) is 18.2 Å². The Kier molecular flexibility index (Phi) is 3.62. The van der Waals surface area contributed by atoms with Gasteiger partial charge in [0.05, 0.1) is 29.8 Å². The number of nitrogens with zero attached hydrogens (tertiary/aromatic N) is 5. The summed E-state index contributed by atoms with van der Waals surface area (Å²) in [5.74, 6) is 2.16. The summed E-state index contributed by atoms with van der Waals surface area (Å²) < 4.78 is 16.3. The summed E-state index contributed by atoms with van der Waals surface area (Å²) in [7, 11) is 2.30. The molecule has 0 amide bonds. The van der Waals surface area contributed by atoms with Gasteiger partial charge in [0.1, 0.15) is 17.5 Å². The lowest BCUT2D eigenvalue weighted by Gasteiger charge is -2.33. The minimum absolute atomic E-state index is 0.344. The predicted octanol–water partition coefficient (Wildman–Crippen LogP) is 4.49. The second kappa shape index (κ2) is 5.72. The zero-order chi connectivity index (χ0) is 18.9. The van der Waals surface area contributed by atoms with Crippen molar-refractivity contribution in [3.63, 3.8) is 0 Å². The molecule has 0 radical (unpaired) electrons. The number of halogens is 2. The number of benzene rings is 1. The van der Waals surface area contributed by atoms with E-state index in [0.29, 0.717) is 22.8 Å². The summed E-state index contributed by atoms with van der Waals surface area (Å²) in [6, 6.07) is 5.66. The van der Waals surface area contributed by atoms with Crippen molar-refractivity contribution in [3.05, 3.63) is 40.7 Å². The van der Waals surface area contributed by atoms with Gasteiger partial charge in [0.25, 0.3) is 5.82 Å². The first-order valence-corrected chi connectivity index (χ1v) is 9.83. The Morgan fingerprint density at radius 2 is 1.74 bits per heavy atom. The van der Waals surface area contributed by atoms with Crippen LogP contribution < -0.4 is 4.48 Å². The third-order valence-corrected chi connectivity index (χ3v) is 6.29. The Labute approximate surface area is 162 Å². The van der Waals surface area contributed by atoms with Gasteiger partial charge in [-0.05, 0) is 32.0 Å². The zero-order valence-electron chi connectivity index (χ0n) is 15.7. The number of hydrogen-bond acceptors (Lipinski definition) is 3. The molecule has 7 heteroatoms. The van der Waals surface area contributed by atoms with E-state index in [1.54, 1.807) is 6.07 Å². The van der Waals surface area contributed by atoms with Gasteiger partial charge >= 0.3 is 0 Å². The summed E-state index contributed by atoms with van der Waals surface area (Å²) in [6.07, 6.45) is 4.95. The molecule has 5 rings (SSSR count). The van der Waals surface area contributed by atoms with Crippen LogP contribution in [0.25, 0.3) is 16.9 Å². The maximum atomic E-state index is 13.5. The van der Waals surface area contributed by atoms with E-state index in [9.17, 15) is 4.39 Å². The van der Waals surface area contributed by atoms with Crippen LogP contribution in [-0.2, 0) is 0 Å². The Morgan fingerprint density at radius 1 is 1.07 bits per heavy atom. The molecular weight excluding hydrogens is 365 g/mol. The van der Waals surface area contributed by atoms with Crippen LogP contribution >= 0.6 is 11.6 Å². The number of rotatable bonds is 4. The van der Waals surface area contributed by atoms with Crippen molar-refractivity contribution in [2.45, 2.75) is 51.6 Å². The molecule has 0 spiro atoms. The van der Waals surface area contributed by atoms with Crippen molar-refractivity contribution in [2.75, 3.05) is 7.05 Å². The molecule has 0 unspecified atom stereocenters. The van der Waals surface area contributed by atoms with E-state index in [4.69, 9.17) is 26.6 Å². The largest absolute Gasteiger partial charge is 0.279 e. The van der Waals surface area contributed by atoms with E-state index in [2.05, 4.69) is 7.05 Å². The highest BCUT2D eigenvalue weighted by Crippen LogP contribution is 2.47. The fourth-order valence-electron chi connectivity index (χ4n) is 4.31. The number of imidazole rings is 1. The van der Waals surface area contributed by atoms with Gasteiger partial charge in [0, 0.05) is 25.7 Å². The fraction of sp³-hybridized carbons (Fsp3) is 0.450. The van der Waals surface area contributed by atoms with E-state index in [1.165, 1.54) is 37.8 Å². The lowest BCUT2D eigenvalue weighted by molar-refractivity contribution is 0.302. The molecule has 3 aromatic rings. The first-order chi connectivity index (χ1) is 12.9. The maximum absolute atomic E-state index is 13.5. The van der Waals surface area contributed by atoms with Crippen molar-refractivity contribution in [1.82, 2.24) is 24.0 Å². The van der Waals surface area contributed by atoms with E-state index in [1.807, 2.05) is 18.4 Å².